The lowest BCUT2D eigenvalue weighted by Crippen LogP contribution is -2.49. The number of ether oxygens (including phenoxy) is 1. The van der Waals surface area contributed by atoms with Crippen molar-refractivity contribution in [2.24, 2.45) is 5.41 Å². The van der Waals surface area contributed by atoms with E-state index in [9.17, 15) is 14.7 Å². The van der Waals surface area contributed by atoms with Gasteiger partial charge in [0, 0.05) is 24.2 Å². The lowest BCUT2D eigenvalue weighted by atomic mass is 9.77. The molecule has 1 N–H and O–H groups in total. The Morgan fingerprint density at radius 1 is 1.15 bits per heavy atom. The van der Waals surface area contributed by atoms with E-state index in [1.165, 1.54) is 0 Å². The van der Waals surface area contributed by atoms with E-state index in [0.29, 0.717) is 31.4 Å². The zero-order valence-electron chi connectivity index (χ0n) is 15.8. The van der Waals surface area contributed by atoms with Gasteiger partial charge in [-0.25, -0.2) is 0 Å². The van der Waals surface area contributed by atoms with Crippen LogP contribution in [0.4, 0.5) is 0 Å². The molecule has 0 bridgehead atoms. The zero-order valence-corrected chi connectivity index (χ0v) is 15.8. The van der Waals surface area contributed by atoms with E-state index < -0.39 is 11.4 Å². The van der Waals surface area contributed by atoms with Crippen LogP contribution in [0.1, 0.15) is 36.5 Å². The number of carbonyl (C=O) groups is 2. The van der Waals surface area contributed by atoms with Crippen molar-refractivity contribution in [3.05, 3.63) is 54.1 Å². The molecule has 0 saturated carbocycles. The fourth-order valence-corrected chi connectivity index (χ4v) is 3.78. The first-order valence-electron chi connectivity index (χ1n) is 9.27. The van der Waals surface area contributed by atoms with Crippen LogP contribution < -0.4 is 4.74 Å². The highest BCUT2D eigenvalue weighted by molar-refractivity contribution is 5.95. The molecule has 1 heterocycles. The quantitative estimate of drug-likeness (QED) is 0.865. The SMILES string of the molecule is CCC1(C(=O)O)CCCN(C(=O)c2ccc(-c3ccccc3OC)cc2)C1. The second kappa shape index (κ2) is 7.82. The van der Waals surface area contributed by atoms with Crippen molar-refractivity contribution in [3.8, 4) is 16.9 Å². The van der Waals surface area contributed by atoms with Crippen LogP contribution in [0.3, 0.4) is 0 Å². The second-order valence-corrected chi connectivity index (χ2v) is 7.05. The molecular weight excluding hydrogens is 342 g/mol. The number of aliphatic carboxylic acids is 1. The first-order valence-corrected chi connectivity index (χ1v) is 9.27. The maximum absolute atomic E-state index is 12.9. The van der Waals surface area contributed by atoms with E-state index >= 15 is 0 Å². The average Bonchev–Trinajstić information content (AvgIpc) is 2.73. The van der Waals surface area contributed by atoms with Crippen molar-refractivity contribution in [1.29, 1.82) is 0 Å². The summed E-state index contributed by atoms with van der Waals surface area (Å²) in [5, 5.41) is 9.62. The van der Waals surface area contributed by atoms with Crippen LogP contribution in [0.15, 0.2) is 48.5 Å². The largest absolute Gasteiger partial charge is 0.496 e. The number of likely N-dealkylation sites (tertiary alicyclic amines) is 1. The minimum atomic E-state index is -0.828. The maximum Gasteiger partial charge on any atom is 0.311 e. The van der Waals surface area contributed by atoms with Crippen LogP contribution >= 0.6 is 0 Å². The smallest absolute Gasteiger partial charge is 0.311 e. The van der Waals surface area contributed by atoms with Gasteiger partial charge in [0.25, 0.3) is 5.91 Å². The Kier molecular flexibility index (Phi) is 5.49. The highest BCUT2D eigenvalue weighted by Crippen LogP contribution is 2.35. The van der Waals surface area contributed by atoms with Crippen LogP contribution in [-0.4, -0.2) is 42.1 Å². The molecule has 1 aliphatic heterocycles. The average molecular weight is 367 g/mol. The number of carboxylic acids is 1. The summed E-state index contributed by atoms with van der Waals surface area (Å²) in [6.45, 7) is 2.75. The molecular formula is C22H25NO4. The predicted octanol–water partition coefficient (Wildman–Crippen LogP) is 4.08. The number of hydrogen-bond donors (Lipinski definition) is 1. The van der Waals surface area contributed by atoms with Crippen molar-refractivity contribution in [2.45, 2.75) is 26.2 Å². The van der Waals surface area contributed by atoms with E-state index in [1.807, 2.05) is 43.3 Å². The minimum absolute atomic E-state index is 0.111. The molecule has 5 heteroatoms. The monoisotopic (exact) mass is 367 g/mol. The number of piperidine rings is 1. The van der Waals surface area contributed by atoms with Crippen LogP contribution in [0.5, 0.6) is 5.75 Å². The van der Waals surface area contributed by atoms with E-state index in [4.69, 9.17) is 4.74 Å². The molecule has 1 aliphatic rings. The van der Waals surface area contributed by atoms with Gasteiger partial charge in [-0.15, -0.1) is 0 Å². The first kappa shape index (κ1) is 19.0. The number of carboxylic acid groups (broad SMARTS) is 1. The summed E-state index contributed by atoms with van der Waals surface area (Å²) < 4.78 is 5.40. The second-order valence-electron chi connectivity index (χ2n) is 7.05. The van der Waals surface area contributed by atoms with Crippen LogP contribution in [-0.2, 0) is 4.79 Å². The minimum Gasteiger partial charge on any atom is -0.496 e. The van der Waals surface area contributed by atoms with Gasteiger partial charge < -0.3 is 14.7 Å². The van der Waals surface area contributed by atoms with Gasteiger partial charge in [0.2, 0.25) is 0 Å². The summed E-state index contributed by atoms with van der Waals surface area (Å²) in [5.74, 6) is -0.142. The Bertz CT molecular complexity index is 830. The molecule has 0 aliphatic carbocycles. The molecule has 1 atom stereocenters. The van der Waals surface area contributed by atoms with Gasteiger partial charge in [0.05, 0.1) is 12.5 Å². The fourth-order valence-electron chi connectivity index (χ4n) is 3.78. The number of hydrogen-bond acceptors (Lipinski definition) is 3. The Balaban J connectivity index is 1.81. The number of benzene rings is 2. The number of nitrogens with zero attached hydrogens (tertiary/aromatic N) is 1. The number of amides is 1. The van der Waals surface area contributed by atoms with Gasteiger partial charge in [-0.3, -0.25) is 9.59 Å². The third kappa shape index (κ3) is 3.68. The highest BCUT2D eigenvalue weighted by atomic mass is 16.5. The summed E-state index contributed by atoms with van der Waals surface area (Å²) in [7, 11) is 1.63. The van der Waals surface area contributed by atoms with E-state index in [1.54, 1.807) is 24.1 Å². The lowest BCUT2D eigenvalue weighted by Gasteiger charge is -2.39. The topological polar surface area (TPSA) is 66.8 Å². The van der Waals surface area contributed by atoms with Gasteiger partial charge in [-0.1, -0.05) is 37.3 Å². The Morgan fingerprint density at radius 2 is 1.85 bits per heavy atom. The summed E-state index contributed by atoms with van der Waals surface area (Å²) in [5.41, 5.74) is 1.68. The number of rotatable bonds is 5. The molecule has 2 aromatic carbocycles. The molecule has 0 spiro atoms. The molecule has 1 unspecified atom stereocenters. The fraction of sp³-hybridized carbons (Fsp3) is 0.364. The van der Waals surface area contributed by atoms with Crippen molar-refractivity contribution < 1.29 is 19.4 Å². The standard InChI is InChI=1S/C22H25NO4/c1-3-22(21(25)26)13-6-14-23(15-22)20(24)17-11-9-16(10-12-17)18-7-4-5-8-19(18)27-2/h4-5,7-12H,3,6,13-15H2,1-2H3,(H,25,26). The zero-order chi connectivity index (χ0) is 19.4. The third-order valence-corrected chi connectivity index (χ3v) is 5.54. The molecule has 0 radical (unpaired) electrons. The molecule has 1 amide bonds. The van der Waals surface area contributed by atoms with Crippen molar-refractivity contribution >= 4 is 11.9 Å². The number of para-hydroxylation sites is 1. The van der Waals surface area contributed by atoms with Gasteiger partial charge in [0.1, 0.15) is 5.75 Å². The van der Waals surface area contributed by atoms with Crippen molar-refractivity contribution in [1.82, 2.24) is 4.90 Å². The van der Waals surface area contributed by atoms with Crippen LogP contribution in [0.2, 0.25) is 0 Å². The molecule has 27 heavy (non-hydrogen) atoms. The van der Waals surface area contributed by atoms with Gasteiger partial charge in [-0.2, -0.15) is 0 Å². The van der Waals surface area contributed by atoms with Gasteiger partial charge in [0.15, 0.2) is 0 Å². The summed E-state index contributed by atoms with van der Waals surface area (Å²) in [6, 6.07) is 15.1. The van der Waals surface area contributed by atoms with Crippen LogP contribution in [0, 0.1) is 5.41 Å². The number of carbonyl (C=O) groups excluding carboxylic acids is 1. The molecule has 142 valence electrons. The highest BCUT2D eigenvalue weighted by Gasteiger charge is 2.42. The third-order valence-electron chi connectivity index (χ3n) is 5.54. The molecule has 3 rings (SSSR count). The predicted molar refractivity (Wildman–Crippen MR) is 104 cm³/mol. The summed E-state index contributed by atoms with van der Waals surface area (Å²) in [4.78, 5) is 26.3. The van der Waals surface area contributed by atoms with Crippen LogP contribution in [0.25, 0.3) is 11.1 Å². The van der Waals surface area contributed by atoms with E-state index in [-0.39, 0.29) is 12.5 Å². The first-order chi connectivity index (χ1) is 13.0. The number of methoxy groups -OCH3 is 1. The molecule has 0 aromatic heterocycles. The van der Waals surface area contributed by atoms with Gasteiger partial charge in [-0.05, 0) is 43.0 Å². The Morgan fingerprint density at radius 3 is 2.48 bits per heavy atom. The molecule has 1 saturated heterocycles. The molecule has 1 fully saturated rings. The normalized spacial score (nSPS) is 19.6. The van der Waals surface area contributed by atoms with Crippen molar-refractivity contribution in [2.75, 3.05) is 20.2 Å². The summed E-state index contributed by atoms with van der Waals surface area (Å²) in [6.07, 6.45) is 1.86. The Labute approximate surface area is 159 Å². The lowest BCUT2D eigenvalue weighted by molar-refractivity contribution is -0.152. The Hall–Kier alpha value is -2.82. The van der Waals surface area contributed by atoms with E-state index in [2.05, 4.69) is 0 Å². The van der Waals surface area contributed by atoms with Crippen molar-refractivity contribution in [3.63, 3.8) is 0 Å². The molecule has 2 aromatic rings. The van der Waals surface area contributed by atoms with E-state index in [0.717, 1.165) is 16.9 Å². The van der Waals surface area contributed by atoms with Gasteiger partial charge >= 0.3 is 5.97 Å². The summed E-state index contributed by atoms with van der Waals surface area (Å²) >= 11 is 0. The molecule has 5 nitrogen and oxygen atoms in total. The maximum atomic E-state index is 12.9.